The van der Waals surface area contributed by atoms with Gasteiger partial charge in [-0.05, 0) is 42.8 Å². The Balaban J connectivity index is 2.31. The van der Waals surface area contributed by atoms with Crippen molar-refractivity contribution in [3.05, 3.63) is 54.0 Å². The second kappa shape index (κ2) is 4.41. The molecular weight excluding hydrogens is 205 g/mol. The lowest BCUT2D eigenvalue weighted by Gasteiger charge is -2.05. The van der Waals surface area contributed by atoms with Crippen molar-refractivity contribution in [3.63, 3.8) is 0 Å². The van der Waals surface area contributed by atoms with Crippen LogP contribution in [-0.4, -0.2) is 10.1 Å². The molecule has 1 aromatic carbocycles. The van der Waals surface area contributed by atoms with E-state index in [1.54, 1.807) is 25.3 Å². The molecule has 1 aromatic heterocycles. The number of hydrogen-bond donors (Lipinski definition) is 1. The molecule has 0 saturated heterocycles. The maximum absolute atomic E-state index is 12.7. The molecule has 2 rings (SSSR count). The molecule has 0 aliphatic carbocycles. The van der Waals surface area contributed by atoms with Crippen LogP contribution in [0.1, 0.15) is 18.6 Å². The number of pyridine rings is 1. The van der Waals surface area contributed by atoms with E-state index in [2.05, 4.69) is 4.98 Å². The SMILES string of the molecule is CC(O)c1ccc(-c2ccc(F)cc2)nc1. The van der Waals surface area contributed by atoms with Crippen molar-refractivity contribution in [1.29, 1.82) is 0 Å². The number of rotatable bonds is 2. The van der Waals surface area contributed by atoms with E-state index in [4.69, 9.17) is 0 Å². The molecule has 1 unspecified atom stereocenters. The Morgan fingerprint density at radius 3 is 2.31 bits per heavy atom. The zero-order valence-corrected chi connectivity index (χ0v) is 8.89. The highest BCUT2D eigenvalue weighted by atomic mass is 19.1. The summed E-state index contributed by atoms with van der Waals surface area (Å²) < 4.78 is 12.7. The second-order valence-corrected chi connectivity index (χ2v) is 3.66. The molecule has 82 valence electrons. The van der Waals surface area contributed by atoms with Gasteiger partial charge in [-0.2, -0.15) is 0 Å². The van der Waals surface area contributed by atoms with Crippen molar-refractivity contribution in [2.75, 3.05) is 0 Å². The van der Waals surface area contributed by atoms with Crippen LogP contribution in [0.5, 0.6) is 0 Å². The van der Waals surface area contributed by atoms with E-state index in [-0.39, 0.29) is 5.82 Å². The zero-order chi connectivity index (χ0) is 11.5. The van der Waals surface area contributed by atoms with Gasteiger partial charge >= 0.3 is 0 Å². The lowest BCUT2D eigenvalue weighted by atomic mass is 10.1. The Hall–Kier alpha value is -1.74. The summed E-state index contributed by atoms with van der Waals surface area (Å²) >= 11 is 0. The van der Waals surface area contributed by atoms with E-state index < -0.39 is 6.10 Å². The van der Waals surface area contributed by atoms with Crippen molar-refractivity contribution in [2.24, 2.45) is 0 Å². The summed E-state index contributed by atoms with van der Waals surface area (Å²) in [7, 11) is 0. The number of aliphatic hydroxyl groups excluding tert-OH is 1. The minimum absolute atomic E-state index is 0.260. The zero-order valence-electron chi connectivity index (χ0n) is 8.89. The molecule has 16 heavy (non-hydrogen) atoms. The summed E-state index contributed by atoms with van der Waals surface area (Å²) in [6.07, 6.45) is 1.11. The highest BCUT2D eigenvalue weighted by molar-refractivity contribution is 5.58. The number of nitrogens with zero attached hydrogens (tertiary/aromatic N) is 1. The Bertz CT molecular complexity index is 462. The van der Waals surface area contributed by atoms with E-state index in [1.807, 2.05) is 12.1 Å². The van der Waals surface area contributed by atoms with E-state index in [1.165, 1.54) is 12.1 Å². The summed E-state index contributed by atoms with van der Waals surface area (Å²) in [5.41, 5.74) is 2.40. The van der Waals surface area contributed by atoms with E-state index in [9.17, 15) is 9.50 Å². The monoisotopic (exact) mass is 217 g/mol. The Morgan fingerprint density at radius 1 is 1.12 bits per heavy atom. The van der Waals surface area contributed by atoms with Gasteiger partial charge in [0.25, 0.3) is 0 Å². The standard InChI is InChI=1S/C13H12FNO/c1-9(16)11-4-7-13(15-8-11)10-2-5-12(14)6-3-10/h2-9,16H,1H3. The highest BCUT2D eigenvalue weighted by Gasteiger charge is 2.03. The van der Waals surface area contributed by atoms with Gasteiger partial charge in [0.15, 0.2) is 0 Å². The van der Waals surface area contributed by atoms with Gasteiger partial charge < -0.3 is 5.11 Å². The van der Waals surface area contributed by atoms with Crippen LogP contribution in [0.25, 0.3) is 11.3 Å². The first kappa shape index (κ1) is 10.8. The average Bonchev–Trinajstić information content (AvgIpc) is 2.30. The number of aliphatic hydroxyl groups is 1. The molecule has 0 bridgehead atoms. The average molecular weight is 217 g/mol. The normalized spacial score (nSPS) is 12.4. The third-order valence-electron chi connectivity index (χ3n) is 2.41. The summed E-state index contributed by atoms with van der Waals surface area (Å²) in [6, 6.07) is 9.80. The minimum atomic E-state index is -0.519. The van der Waals surface area contributed by atoms with Crippen molar-refractivity contribution in [1.82, 2.24) is 4.98 Å². The molecular formula is C13H12FNO. The number of hydrogen-bond acceptors (Lipinski definition) is 2. The first-order chi connectivity index (χ1) is 7.66. The Labute approximate surface area is 93.4 Å². The van der Waals surface area contributed by atoms with Crippen LogP contribution in [-0.2, 0) is 0 Å². The molecule has 1 atom stereocenters. The third-order valence-corrected chi connectivity index (χ3v) is 2.41. The topological polar surface area (TPSA) is 33.1 Å². The molecule has 2 aromatic rings. The van der Waals surface area contributed by atoms with E-state index >= 15 is 0 Å². The summed E-state index contributed by atoms with van der Waals surface area (Å²) in [6.45, 7) is 1.69. The maximum atomic E-state index is 12.7. The van der Waals surface area contributed by atoms with Gasteiger partial charge in [-0.3, -0.25) is 4.98 Å². The van der Waals surface area contributed by atoms with Crippen LogP contribution in [0.3, 0.4) is 0 Å². The lowest BCUT2D eigenvalue weighted by molar-refractivity contribution is 0.199. The molecule has 1 N–H and O–H groups in total. The van der Waals surface area contributed by atoms with Crippen molar-refractivity contribution in [3.8, 4) is 11.3 Å². The van der Waals surface area contributed by atoms with Crippen LogP contribution < -0.4 is 0 Å². The van der Waals surface area contributed by atoms with E-state index in [0.29, 0.717) is 0 Å². The fraction of sp³-hybridized carbons (Fsp3) is 0.154. The second-order valence-electron chi connectivity index (χ2n) is 3.66. The summed E-state index contributed by atoms with van der Waals surface area (Å²) in [5, 5.41) is 9.33. The van der Waals surface area contributed by atoms with E-state index in [0.717, 1.165) is 16.8 Å². The van der Waals surface area contributed by atoms with Crippen LogP contribution >= 0.6 is 0 Å². The number of aromatic nitrogens is 1. The molecule has 1 heterocycles. The Morgan fingerprint density at radius 2 is 1.81 bits per heavy atom. The quantitative estimate of drug-likeness (QED) is 0.838. The van der Waals surface area contributed by atoms with Crippen LogP contribution in [0.2, 0.25) is 0 Å². The van der Waals surface area contributed by atoms with Gasteiger partial charge in [-0.25, -0.2) is 4.39 Å². The van der Waals surface area contributed by atoms with Crippen molar-refractivity contribution in [2.45, 2.75) is 13.0 Å². The molecule has 0 spiro atoms. The maximum Gasteiger partial charge on any atom is 0.123 e. The molecule has 0 fully saturated rings. The van der Waals surface area contributed by atoms with Gasteiger partial charge in [0.1, 0.15) is 5.82 Å². The molecule has 0 aliphatic heterocycles. The van der Waals surface area contributed by atoms with Crippen molar-refractivity contribution >= 4 is 0 Å². The predicted molar refractivity (Wildman–Crippen MR) is 60.3 cm³/mol. The Kier molecular flexibility index (Phi) is 2.97. The van der Waals surface area contributed by atoms with Gasteiger partial charge in [0.05, 0.1) is 11.8 Å². The molecule has 2 nitrogen and oxygen atoms in total. The third kappa shape index (κ3) is 2.25. The molecule has 0 radical (unpaired) electrons. The predicted octanol–water partition coefficient (Wildman–Crippen LogP) is 2.94. The highest BCUT2D eigenvalue weighted by Crippen LogP contribution is 2.19. The van der Waals surface area contributed by atoms with Crippen molar-refractivity contribution < 1.29 is 9.50 Å². The summed E-state index contributed by atoms with van der Waals surface area (Å²) in [4.78, 5) is 4.22. The fourth-order valence-electron chi connectivity index (χ4n) is 1.44. The molecule has 0 saturated carbocycles. The van der Waals surface area contributed by atoms with Crippen LogP contribution in [0, 0.1) is 5.82 Å². The lowest BCUT2D eigenvalue weighted by Crippen LogP contribution is -1.92. The number of benzene rings is 1. The van der Waals surface area contributed by atoms with Gasteiger partial charge in [-0.15, -0.1) is 0 Å². The van der Waals surface area contributed by atoms with Crippen LogP contribution in [0.4, 0.5) is 4.39 Å². The van der Waals surface area contributed by atoms with Gasteiger partial charge in [0, 0.05) is 11.8 Å². The minimum Gasteiger partial charge on any atom is -0.389 e. The van der Waals surface area contributed by atoms with Gasteiger partial charge in [0.2, 0.25) is 0 Å². The fourth-order valence-corrected chi connectivity index (χ4v) is 1.44. The first-order valence-corrected chi connectivity index (χ1v) is 5.07. The number of halogens is 1. The largest absolute Gasteiger partial charge is 0.389 e. The van der Waals surface area contributed by atoms with Crippen LogP contribution in [0.15, 0.2) is 42.6 Å². The molecule has 0 aliphatic rings. The molecule has 0 amide bonds. The molecule has 3 heteroatoms. The van der Waals surface area contributed by atoms with Gasteiger partial charge in [-0.1, -0.05) is 6.07 Å². The first-order valence-electron chi connectivity index (χ1n) is 5.07. The summed E-state index contributed by atoms with van der Waals surface area (Å²) in [5.74, 6) is -0.260. The smallest absolute Gasteiger partial charge is 0.123 e.